The van der Waals surface area contributed by atoms with Crippen LogP contribution in [0.2, 0.25) is 0 Å². The minimum Gasteiger partial charge on any atom is -0.462 e. The summed E-state index contributed by atoms with van der Waals surface area (Å²) in [7, 11) is 2.37. The topological polar surface area (TPSA) is 485 Å². The van der Waals surface area contributed by atoms with Gasteiger partial charge in [0, 0.05) is 38.9 Å². The van der Waals surface area contributed by atoms with E-state index >= 15 is 0 Å². The summed E-state index contributed by atoms with van der Waals surface area (Å²) in [6.07, 6.45) is -41.1. The zero-order valence-electron chi connectivity index (χ0n) is 58.9. The highest BCUT2D eigenvalue weighted by atomic mass is 16.8. The first kappa shape index (κ1) is 79.6. The van der Waals surface area contributed by atoms with Gasteiger partial charge in [0.15, 0.2) is 37.7 Å². The van der Waals surface area contributed by atoms with Crippen LogP contribution in [-0.4, -0.2) is 332 Å². The minimum atomic E-state index is -2.13. The van der Waals surface area contributed by atoms with Crippen LogP contribution in [0.25, 0.3) is 0 Å². The van der Waals surface area contributed by atoms with E-state index in [-0.39, 0.29) is 41.0 Å². The maximum atomic E-state index is 14.8. The average molecular weight is 1460 g/mol. The summed E-state index contributed by atoms with van der Waals surface area (Å²) in [6.45, 7) is 11.8. The number of methoxy groups -OCH3 is 2. The van der Waals surface area contributed by atoms with E-state index in [2.05, 4.69) is 47.6 Å². The van der Waals surface area contributed by atoms with Gasteiger partial charge in [0.25, 0.3) is 0 Å². The van der Waals surface area contributed by atoms with Crippen LogP contribution in [0.15, 0.2) is 11.6 Å². The molecule has 0 radical (unpaired) electrons. The smallest absolute Gasteiger partial charge is 0.313 e. The Morgan fingerprint density at radius 3 is 1.62 bits per heavy atom. The number of rotatable bonds is 23. The molecule has 33 heteroatoms. The monoisotopic (exact) mass is 1450 g/mol. The molecule has 11 rings (SSSR count). The van der Waals surface area contributed by atoms with E-state index in [4.69, 9.17) is 75.8 Å². The molecule has 37 atom stereocenters. The van der Waals surface area contributed by atoms with Gasteiger partial charge in [-0.3, -0.25) is 9.59 Å². The van der Waals surface area contributed by atoms with Crippen molar-refractivity contribution in [2.45, 2.75) is 303 Å². The Morgan fingerprint density at radius 1 is 0.535 bits per heavy atom. The van der Waals surface area contributed by atoms with Gasteiger partial charge in [-0.05, 0) is 86.9 Å². The number of aliphatic hydroxyl groups excluding tert-OH is 15. The fourth-order valence-electron chi connectivity index (χ4n) is 19.6. The van der Waals surface area contributed by atoms with Crippen molar-refractivity contribution >= 4 is 11.9 Å². The first-order chi connectivity index (χ1) is 47.7. The summed E-state index contributed by atoms with van der Waals surface area (Å²) < 4.78 is 95.8. The average Bonchev–Trinajstić information content (AvgIpc) is 1.53. The van der Waals surface area contributed by atoms with Crippen molar-refractivity contribution in [3.05, 3.63) is 11.6 Å². The Hall–Kier alpha value is -2.48. The Morgan fingerprint density at radius 2 is 1.05 bits per heavy atom. The van der Waals surface area contributed by atoms with E-state index in [1.165, 1.54) is 26.7 Å². The van der Waals surface area contributed by atoms with Crippen LogP contribution >= 0.6 is 0 Å². The minimum absolute atomic E-state index is 0.0434. The number of ether oxygens (including phenoxy) is 16. The van der Waals surface area contributed by atoms with Crippen LogP contribution in [0.1, 0.15) is 113 Å². The summed E-state index contributed by atoms with van der Waals surface area (Å²) in [6, 6.07) is 0. The van der Waals surface area contributed by atoms with E-state index in [1.54, 1.807) is 0 Å². The van der Waals surface area contributed by atoms with Crippen molar-refractivity contribution < 1.29 is 162 Å². The molecule has 4 aliphatic carbocycles. The maximum Gasteiger partial charge on any atom is 0.313 e. The van der Waals surface area contributed by atoms with Crippen LogP contribution in [-0.2, 0) is 85.4 Å². The Labute approximate surface area is 585 Å². The number of allylic oxidation sites excluding steroid dienone is 2. The number of fused-ring (bicyclic) bond motifs is 4. The number of cyclic esters (lactones) is 1. The Bertz CT molecular complexity index is 2820. The van der Waals surface area contributed by atoms with Gasteiger partial charge < -0.3 is 152 Å². The zero-order chi connectivity index (χ0) is 73.5. The third-order valence-electron chi connectivity index (χ3n) is 24.8. The lowest BCUT2D eigenvalue weighted by Crippen LogP contribution is -2.67. The second-order valence-electron chi connectivity index (χ2n) is 31.4. The molecule has 11 aliphatic rings. The number of esters is 2. The van der Waals surface area contributed by atoms with Crippen LogP contribution < -0.4 is 0 Å². The molecule has 101 heavy (non-hydrogen) atoms. The van der Waals surface area contributed by atoms with Gasteiger partial charge in [-0.25, -0.2) is 0 Å². The second-order valence-corrected chi connectivity index (χ2v) is 31.4. The third-order valence-corrected chi connectivity index (χ3v) is 24.8. The molecule has 0 amide bonds. The lowest BCUT2D eigenvalue weighted by Gasteiger charge is -2.64. The molecule has 3 saturated carbocycles. The largest absolute Gasteiger partial charge is 0.462 e. The molecule has 7 saturated heterocycles. The molecule has 0 aromatic heterocycles. The first-order valence-corrected chi connectivity index (χ1v) is 35.6. The molecule has 0 bridgehead atoms. The van der Waals surface area contributed by atoms with E-state index in [9.17, 15) is 86.2 Å². The highest BCUT2D eigenvalue weighted by Crippen LogP contribution is 2.76. The SMILES string of the molecule is COC1C(O)C(CO)OC(OC2C(O)COC(OC3C(CO)OC(OC4C(O[C@H]5CC[C@]6(C)[C@H]7CC[C@]89C(=O)O[C@@](C)(CC(CC(C)C)OC(C)=O)[C@H]8CC[C@@]9(C)C7=CC[C@H]6C5(C)C)OCC(OC5OC(CO)C(O)C(OC6OC(CO)C(O)C(OC)C6O)C5O)C4O)C(O)C3O)C2O)C1O. The van der Waals surface area contributed by atoms with Gasteiger partial charge in [0.2, 0.25) is 0 Å². The van der Waals surface area contributed by atoms with Gasteiger partial charge in [0.1, 0.15) is 146 Å². The molecule has 1 spiro atoms. The van der Waals surface area contributed by atoms with Crippen molar-refractivity contribution in [3.8, 4) is 0 Å². The predicted octanol–water partition coefficient (Wildman–Crippen LogP) is -3.85. The maximum absolute atomic E-state index is 14.8. The first-order valence-electron chi connectivity index (χ1n) is 35.6. The predicted molar refractivity (Wildman–Crippen MR) is 337 cm³/mol. The van der Waals surface area contributed by atoms with Gasteiger partial charge in [0.05, 0.1) is 51.2 Å². The van der Waals surface area contributed by atoms with Gasteiger partial charge in [-0.15, -0.1) is 0 Å². The summed E-state index contributed by atoms with van der Waals surface area (Å²) in [5, 5.41) is 167. The molecule has 15 N–H and O–H groups in total. The molecule has 29 unspecified atom stereocenters. The highest BCUT2D eigenvalue weighted by Gasteiger charge is 2.77. The molecule has 0 aromatic carbocycles. The normalized spacial score (nSPS) is 50.9. The fraction of sp³-hybridized carbons (Fsp3) is 0.941. The van der Waals surface area contributed by atoms with Gasteiger partial charge >= 0.3 is 11.9 Å². The van der Waals surface area contributed by atoms with Crippen molar-refractivity contribution in [2.75, 3.05) is 53.9 Å². The summed E-state index contributed by atoms with van der Waals surface area (Å²) in [4.78, 5) is 27.2. The Balaban J connectivity index is 0.836. The van der Waals surface area contributed by atoms with E-state index < -0.39 is 246 Å². The van der Waals surface area contributed by atoms with Crippen LogP contribution in [0.4, 0.5) is 0 Å². The molecular weight excluding hydrogens is 1340 g/mol. The number of hydrogen-bond acceptors (Lipinski definition) is 33. The third kappa shape index (κ3) is 14.3. The number of carbonyl (C=O) groups excluding carboxylic acids is 2. The summed E-state index contributed by atoms with van der Waals surface area (Å²) >= 11 is 0. The molecule has 580 valence electrons. The van der Waals surface area contributed by atoms with Crippen LogP contribution in [0, 0.1) is 45.3 Å². The Kier molecular flexibility index (Phi) is 24.6. The second kappa shape index (κ2) is 31.2. The number of carbonyl (C=O) groups is 2. The van der Waals surface area contributed by atoms with Crippen LogP contribution in [0.3, 0.4) is 0 Å². The van der Waals surface area contributed by atoms with Crippen molar-refractivity contribution in [3.63, 3.8) is 0 Å². The summed E-state index contributed by atoms with van der Waals surface area (Å²) in [5.41, 5.74) is -1.92. The lowest BCUT2D eigenvalue weighted by atomic mass is 9.41. The lowest BCUT2D eigenvalue weighted by molar-refractivity contribution is -0.396. The van der Waals surface area contributed by atoms with Gasteiger partial charge in [-0.1, -0.05) is 53.2 Å². The van der Waals surface area contributed by atoms with Crippen molar-refractivity contribution in [2.24, 2.45) is 45.3 Å². The fourth-order valence-corrected chi connectivity index (χ4v) is 19.6. The standard InChI is InChI=1S/C68H110O33/c1-27(2)19-29(90-28(3)73)20-67(8)39-14-17-66(7)31-11-12-38-64(4,5)40(15-16-65(38,6)30(31)13-18-68(39,66)63(85)101-67)96-62-56(44(78)37(26-89-62)95-59-50(84)55(43(77)35(23-71)91-59)99-61-49(83)54(87-10)42(76)34(22-70)93-61)100-58-46(80)45(79)52(36(24-72)94-58)98-57-47(81)51(32(74)25-88-57)97-60-48(82)53(86-9)41(75)33(21-69)92-60/h11,27,29-30,32-62,69-72,74-84H,12-26H2,1-10H3/t29?,30-,32?,33?,34?,35?,36?,37?,38-,39+,40-,41?,42?,43?,44?,45?,46?,47?,48?,49?,50?,51?,52?,53?,54?,55?,56?,57?,58?,59?,60?,61?,62?,65+,66-,67-,68+/m0/s1. The zero-order valence-corrected chi connectivity index (χ0v) is 58.9. The molecule has 0 aromatic rings. The quantitative estimate of drug-likeness (QED) is 0.0344. The van der Waals surface area contributed by atoms with E-state index in [1.807, 2.05) is 6.92 Å². The molecule has 10 fully saturated rings. The molecule has 7 heterocycles. The van der Waals surface area contributed by atoms with Crippen molar-refractivity contribution in [1.82, 2.24) is 0 Å². The molecule has 7 aliphatic heterocycles. The van der Waals surface area contributed by atoms with E-state index in [0.29, 0.717) is 44.9 Å². The number of aliphatic hydroxyl groups is 15. The number of hydrogen-bond donors (Lipinski definition) is 15. The van der Waals surface area contributed by atoms with Gasteiger partial charge in [-0.2, -0.15) is 0 Å². The molecule has 33 nitrogen and oxygen atoms in total. The highest BCUT2D eigenvalue weighted by molar-refractivity contribution is 5.83. The van der Waals surface area contributed by atoms with Crippen LogP contribution in [0.5, 0.6) is 0 Å². The van der Waals surface area contributed by atoms with Crippen molar-refractivity contribution in [1.29, 1.82) is 0 Å². The molecular formula is C68H110O33. The van der Waals surface area contributed by atoms with E-state index in [0.717, 1.165) is 12.8 Å². The summed E-state index contributed by atoms with van der Waals surface area (Å²) in [5.74, 6) is -0.435.